The quantitative estimate of drug-likeness (QED) is 0.577. The van der Waals surface area contributed by atoms with Crippen LogP contribution in [-0.4, -0.2) is 10.1 Å². The first-order chi connectivity index (χ1) is 3.92. The third kappa shape index (κ3) is 0.263. The maximum atomic E-state index is 8.54. The first-order valence-corrected chi connectivity index (χ1v) is 2.52. The van der Waals surface area contributed by atoms with Crippen molar-refractivity contribution < 1.29 is 5.11 Å². The molecule has 0 fully saturated rings. The van der Waals surface area contributed by atoms with E-state index in [9.17, 15) is 0 Å². The van der Waals surface area contributed by atoms with Gasteiger partial charge in [0.25, 0.3) is 0 Å². The fraction of sp³-hybridized carbons (Fsp3) is 0.167. The fourth-order valence-corrected chi connectivity index (χ4v) is 0.862. The zero-order valence-corrected chi connectivity index (χ0v) is 4.26. The first kappa shape index (κ1) is 4.04. The third-order valence-electron chi connectivity index (χ3n) is 1.44. The predicted molar refractivity (Wildman–Crippen MR) is 29.2 cm³/mol. The van der Waals surface area contributed by atoms with E-state index in [0.29, 0.717) is 0 Å². The average molecular weight is 107 g/mol. The van der Waals surface area contributed by atoms with Gasteiger partial charge in [-0.2, -0.15) is 0 Å². The Kier molecular flexibility index (Phi) is 0.549. The van der Waals surface area contributed by atoms with Crippen LogP contribution in [0.15, 0.2) is 12.3 Å². The molecule has 0 bridgehead atoms. The van der Waals surface area contributed by atoms with E-state index in [-0.39, 0.29) is 6.61 Å². The van der Waals surface area contributed by atoms with Crippen LogP contribution in [0.4, 0.5) is 0 Å². The summed E-state index contributed by atoms with van der Waals surface area (Å²) in [5, 5.41) is 8.54. The van der Waals surface area contributed by atoms with Gasteiger partial charge in [-0.05, 0) is 11.6 Å². The highest BCUT2D eigenvalue weighted by Gasteiger charge is 2.16. The van der Waals surface area contributed by atoms with Crippen molar-refractivity contribution >= 4 is 0 Å². The summed E-state index contributed by atoms with van der Waals surface area (Å²) >= 11 is 0. The summed E-state index contributed by atoms with van der Waals surface area (Å²) in [6.07, 6.45) is 1.78. The Hall–Kier alpha value is -0.890. The molecule has 1 N–H and O–H groups in total. The smallest absolute Gasteiger partial charge is 0.0725 e. The van der Waals surface area contributed by atoms with Gasteiger partial charge in [-0.3, -0.25) is 4.98 Å². The van der Waals surface area contributed by atoms with Gasteiger partial charge in [-0.15, -0.1) is 0 Å². The number of aliphatic hydroxyl groups excluding tert-OH is 1. The standard InChI is InChI=1S/C6H5NO/c8-3-4-1-6-5(4)2-7-6/h1-2,8H,3H2. The van der Waals surface area contributed by atoms with E-state index in [1.54, 1.807) is 6.20 Å². The SMILES string of the molecule is OCc1cc2ncc1-2. The molecule has 2 nitrogen and oxygen atoms in total. The maximum absolute atomic E-state index is 8.54. The number of aromatic nitrogens is 1. The molecule has 1 aliphatic carbocycles. The van der Waals surface area contributed by atoms with Crippen LogP contribution in [-0.2, 0) is 6.61 Å². The highest BCUT2D eigenvalue weighted by atomic mass is 16.3. The van der Waals surface area contributed by atoms with Crippen LogP contribution in [0, 0.1) is 0 Å². The molecule has 0 aromatic heterocycles. The minimum absolute atomic E-state index is 0.158. The van der Waals surface area contributed by atoms with Crippen LogP contribution >= 0.6 is 0 Å². The molecule has 2 aliphatic rings. The zero-order valence-electron chi connectivity index (χ0n) is 4.26. The lowest BCUT2D eigenvalue weighted by Crippen LogP contribution is -2.03. The molecule has 1 heterocycles. The van der Waals surface area contributed by atoms with Crippen molar-refractivity contribution in [2.45, 2.75) is 6.61 Å². The Morgan fingerprint density at radius 3 is 2.62 bits per heavy atom. The van der Waals surface area contributed by atoms with E-state index in [0.717, 1.165) is 16.8 Å². The highest BCUT2D eigenvalue weighted by molar-refractivity contribution is 5.74. The van der Waals surface area contributed by atoms with Gasteiger partial charge in [0.1, 0.15) is 0 Å². The Labute approximate surface area is 46.8 Å². The normalized spacial score (nSPS) is 11.6. The Morgan fingerprint density at radius 2 is 2.50 bits per heavy atom. The van der Waals surface area contributed by atoms with Crippen molar-refractivity contribution in [3.8, 4) is 11.3 Å². The Balaban J connectivity index is 2.48. The van der Waals surface area contributed by atoms with E-state index in [2.05, 4.69) is 4.98 Å². The van der Waals surface area contributed by atoms with Crippen molar-refractivity contribution in [1.82, 2.24) is 4.98 Å². The number of fused-ring (bicyclic) bond motifs is 1. The van der Waals surface area contributed by atoms with Crippen LogP contribution in [0.3, 0.4) is 0 Å². The molecule has 0 amide bonds. The van der Waals surface area contributed by atoms with Gasteiger partial charge in [-0.25, -0.2) is 0 Å². The number of hydrogen-bond donors (Lipinski definition) is 1. The van der Waals surface area contributed by atoms with E-state index in [1.165, 1.54) is 0 Å². The summed E-state index contributed by atoms with van der Waals surface area (Å²) in [6.45, 7) is 0.158. The van der Waals surface area contributed by atoms with Crippen molar-refractivity contribution in [3.63, 3.8) is 0 Å². The van der Waals surface area contributed by atoms with Crippen LogP contribution in [0.1, 0.15) is 5.56 Å². The summed E-state index contributed by atoms with van der Waals surface area (Å²) in [5.41, 5.74) is 3.22. The summed E-state index contributed by atoms with van der Waals surface area (Å²) in [6, 6.07) is 1.90. The van der Waals surface area contributed by atoms with Gasteiger partial charge >= 0.3 is 0 Å². The maximum Gasteiger partial charge on any atom is 0.0725 e. The second kappa shape index (κ2) is 1.09. The molecule has 0 aromatic rings. The second-order valence-corrected chi connectivity index (χ2v) is 1.88. The molecule has 0 unspecified atom stereocenters. The van der Waals surface area contributed by atoms with Crippen molar-refractivity contribution in [2.75, 3.05) is 0 Å². The topological polar surface area (TPSA) is 33.1 Å². The molecule has 40 valence electrons. The van der Waals surface area contributed by atoms with E-state index >= 15 is 0 Å². The fourth-order valence-electron chi connectivity index (χ4n) is 0.862. The second-order valence-electron chi connectivity index (χ2n) is 1.88. The zero-order chi connectivity index (χ0) is 5.56. The Morgan fingerprint density at radius 1 is 1.62 bits per heavy atom. The number of hydrogen-bond acceptors (Lipinski definition) is 2. The lowest BCUT2D eigenvalue weighted by atomic mass is 9.96. The number of rotatable bonds is 1. The van der Waals surface area contributed by atoms with Crippen LogP contribution in [0.5, 0.6) is 0 Å². The summed E-state index contributed by atoms with van der Waals surface area (Å²) in [5.74, 6) is 0. The van der Waals surface area contributed by atoms with Gasteiger partial charge < -0.3 is 5.11 Å². The van der Waals surface area contributed by atoms with Crippen molar-refractivity contribution in [1.29, 1.82) is 0 Å². The van der Waals surface area contributed by atoms with Gasteiger partial charge in [-0.1, -0.05) is 0 Å². The van der Waals surface area contributed by atoms with E-state index in [4.69, 9.17) is 5.11 Å². The summed E-state index contributed by atoms with van der Waals surface area (Å²) < 4.78 is 0. The van der Waals surface area contributed by atoms with Crippen LogP contribution in [0.25, 0.3) is 11.3 Å². The van der Waals surface area contributed by atoms with E-state index < -0.39 is 0 Å². The largest absolute Gasteiger partial charge is 0.392 e. The molecule has 0 saturated carbocycles. The number of pyridine rings is 1. The van der Waals surface area contributed by atoms with Crippen molar-refractivity contribution in [3.05, 3.63) is 17.8 Å². The molecule has 0 spiro atoms. The van der Waals surface area contributed by atoms with Crippen LogP contribution in [0.2, 0.25) is 0 Å². The Bertz CT molecular complexity index is 232. The lowest BCUT2D eigenvalue weighted by Gasteiger charge is -2.16. The molecule has 0 radical (unpaired) electrons. The molecule has 2 rings (SSSR count). The van der Waals surface area contributed by atoms with Gasteiger partial charge in [0.15, 0.2) is 0 Å². The van der Waals surface area contributed by atoms with Gasteiger partial charge in [0.05, 0.1) is 12.3 Å². The average Bonchev–Trinajstić information content (AvgIpc) is 1.76. The number of nitrogens with zero attached hydrogens (tertiary/aromatic N) is 1. The summed E-state index contributed by atoms with van der Waals surface area (Å²) in [4.78, 5) is 3.90. The molecule has 0 aromatic carbocycles. The first-order valence-electron chi connectivity index (χ1n) is 2.52. The molecular weight excluding hydrogens is 102 g/mol. The van der Waals surface area contributed by atoms with Crippen LogP contribution < -0.4 is 0 Å². The molecule has 2 heteroatoms. The van der Waals surface area contributed by atoms with Gasteiger partial charge in [0, 0.05) is 11.8 Å². The molecule has 0 atom stereocenters. The highest BCUT2D eigenvalue weighted by Crippen LogP contribution is 2.32. The minimum Gasteiger partial charge on any atom is -0.392 e. The van der Waals surface area contributed by atoms with E-state index in [1.807, 2.05) is 6.07 Å². The minimum atomic E-state index is 0.158. The number of aliphatic hydroxyl groups is 1. The predicted octanol–water partition coefficient (Wildman–Crippen LogP) is 0.554. The molecular formula is C6H5NO. The molecule has 8 heavy (non-hydrogen) atoms. The molecule has 1 aliphatic heterocycles. The lowest BCUT2D eigenvalue weighted by molar-refractivity contribution is 0.281. The van der Waals surface area contributed by atoms with Crippen molar-refractivity contribution in [2.24, 2.45) is 0 Å². The van der Waals surface area contributed by atoms with Gasteiger partial charge in [0.2, 0.25) is 0 Å². The summed E-state index contributed by atoms with van der Waals surface area (Å²) in [7, 11) is 0. The third-order valence-corrected chi connectivity index (χ3v) is 1.44. The molecule has 0 saturated heterocycles. The monoisotopic (exact) mass is 107 g/mol.